The predicted octanol–water partition coefficient (Wildman–Crippen LogP) is 1.37. The van der Waals surface area contributed by atoms with Crippen molar-refractivity contribution in [2.75, 3.05) is 0 Å². The summed E-state index contributed by atoms with van der Waals surface area (Å²) in [4.78, 5) is 0. The molecule has 4 nitrogen and oxygen atoms in total. The number of halogens is 2. The number of hydrogen-bond donors (Lipinski definition) is 1. The van der Waals surface area contributed by atoms with E-state index in [0.29, 0.717) is 5.69 Å². The SMILES string of the molecule is Cn1cc(CC(O)c2cc(F)cc(F)c2)nn1. The second kappa shape index (κ2) is 4.58. The first-order valence-corrected chi connectivity index (χ1v) is 5.04. The molecule has 17 heavy (non-hydrogen) atoms. The van der Waals surface area contributed by atoms with E-state index in [4.69, 9.17) is 0 Å². The Morgan fingerprint density at radius 3 is 2.47 bits per heavy atom. The first-order chi connectivity index (χ1) is 8.04. The van der Waals surface area contributed by atoms with Gasteiger partial charge in [0.25, 0.3) is 0 Å². The van der Waals surface area contributed by atoms with Crippen LogP contribution in [0.3, 0.4) is 0 Å². The molecule has 1 unspecified atom stereocenters. The molecule has 2 aromatic rings. The Hall–Kier alpha value is -1.82. The Morgan fingerprint density at radius 1 is 1.29 bits per heavy atom. The van der Waals surface area contributed by atoms with E-state index in [9.17, 15) is 13.9 Å². The molecule has 1 N–H and O–H groups in total. The number of aryl methyl sites for hydroxylation is 1. The van der Waals surface area contributed by atoms with Crippen molar-refractivity contribution in [1.29, 1.82) is 0 Å². The molecular weight excluding hydrogens is 228 g/mol. The summed E-state index contributed by atoms with van der Waals surface area (Å²) in [6.45, 7) is 0. The van der Waals surface area contributed by atoms with Crippen molar-refractivity contribution in [3.8, 4) is 0 Å². The average Bonchev–Trinajstić information content (AvgIpc) is 2.62. The lowest BCUT2D eigenvalue weighted by Crippen LogP contribution is -2.03. The predicted molar refractivity (Wildman–Crippen MR) is 56.0 cm³/mol. The Balaban J connectivity index is 2.16. The van der Waals surface area contributed by atoms with Crippen molar-refractivity contribution in [3.63, 3.8) is 0 Å². The summed E-state index contributed by atoms with van der Waals surface area (Å²) in [5.41, 5.74) is 0.748. The van der Waals surface area contributed by atoms with E-state index in [1.54, 1.807) is 13.2 Å². The largest absolute Gasteiger partial charge is 0.388 e. The monoisotopic (exact) mass is 239 g/mol. The smallest absolute Gasteiger partial charge is 0.126 e. The first kappa shape index (κ1) is 11.7. The Morgan fingerprint density at radius 2 is 1.94 bits per heavy atom. The molecule has 1 aromatic carbocycles. The van der Waals surface area contributed by atoms with Crippen molar-refractivity contribution < 1.29 is 13.9 Å². The summed E-state index contributed by atoms with van der Waals surface area (Å²) in [7, 11) is 1.70. The molecule has 0 aliphatic rings. The van der Waals surface area contributed by atoms with Gasteiger partial charge in [-0.15, -0.1) is 5.10 Å². The Kier molecular flexibility index (Phi) is 3.14. The minimum atomic E-state index is -1.00. The molecular formula is C11H11F2N3O. The number of benzene rings is 1. The molecule has 0 amide bonds. The highest BCUT2D eigenvalue weighted by Gasteiger charge is 2.13. The van der Waals surface area contributed by atoms with Gasteiger partial charge in [-0.1, -0.05) is 5.21 Å². The molecule has 1 heterocycles. The molecule has 90 valence electrons. The van der Waals surface area contributed by atoms with E-state index in [1.165, 1.54) is 4.68 Å². The zero-order chi connectivity index (χ0) is 12.4. The van der Waals surface area contributed by atoms with Crippen LogP contribution in [-0.4, -0.2) is 20.1 Å². The van der Waals surface area contributed by atoms with Gasteiger partial charge in [-0.3, -0.25) is 4.68 Å². The molecule has 2 rings (SSSR count). The number of nitrogens with zero attached hydrogens (tertiary/aromatic N) is 3. The summed E-state index contributed by atoms with van der Waals surface area (Å²) in [6, 6.07) is 2.97. The highest BCUT2D eigenvalue weighted by Crippen LogP contribution is 2.19. The van der Waals surface area contributed by atoms with Crippen LogP contribution in [0.2, 0.25) is 0 Å². The number of rotatable bonds is 3. The Labute approximate surface area is 96.5 Å². The maximum absolute atomic E-state index is 12.9. The highest BCUT2D eigenvalue weighted by molar-refractivity contribution is 5.21. The van der Waals surface area contributed by atoms with Crippen LogP contribution in [0.15, 0.2) is 24.4 Å². The third kappa shape index (κ3) is 2.85. The van der Waals surface area contributed by atoms with Crippen LogP contribution in [0, 0.1) is 11.6 Å². The molecule has 0 saturated carbocycles. The van der Waals surface area contributed by atoms with E-state index in [1.807, 2.05) is 0 Å². The third-order valence-electron chi connectivity index (χ3n) is 2.32. The average molecular weight is 239 g/mol. The third-order valence-corrected chi connectivity index (χ3v) is 2.32. The molecule has 0 saturated heterocycles. The molecule has 1 atom stereocenters. The van der Waals surface area contributed by atoms with Gasteiger partial charge in [0.2, 0.25) is 0 Å². The van der Waals surface area contributed by atoms with Gasteiger partial charge in [-0.2, -0.15) is 0 Å². The van der Waals surface area contributed by atoms with Crippen molar-refractivity contribution in [3.05, 3.63) is 47.3 Å². The van der Waals surface area contributed by atoms with Gasteiger partial charge < -0.3 is 5.11 Å². The van der Waals surface area contributed by atoms with Crippen molar-refractivity contribution in [1.82, 2.24) is 15.0 Å². The molecule has 0 radical (unpaired) electrons. The second-order valence-corrected chi connectivity index (χ2v) is 3.81. The Bertz CT molecular complexity index is 507. The molecule has 6 heteroatoms. The summed E-state index contributed by atoms with van der Waals surface area (Å²) < 4.78 is 27.4. The van der Waals surface area contributed by atoms with E-state index < -0.39 is 17.7 Å². The summed E-state index contributed by atoms with van der Waals surface area (Å²) in [5.74, 6) is -1.42. The van der Waals surface area contributed by atoms with Crippen LogP contribution in [0.25, 0.3) is 0 Å². The van der Waals surface area contributed by atoms with Crippen molar-refractivity contribution in [2.45, 2.75) is 12.5 Å². The lowest BCUT2D eigenvalue weighted by molar-refractivity contribution is 0.176. The van der Waals surface area contributed by atoms with Gasteiger partial charge >= 0.3 is 0 Å². The fourth-order valence-electron chi connectivity index (χ4n) is 1.57. The van der Waals surface area contributed by atoms with E-state index in [2.05, 4.69) is 10.3 Å². The minimum absolute atomic E-state index is 0.163. The molecule has 0 fully saturated rings. The zero-order valence-electron chi connectivity index (χ0n) is 9.14. The van der Waals surface area contributed by atoms with Gasteiger partial charge in [-0.05, 0) is 17.7 Å². The summed E-state index contributed by atoms with van der Waals surface area (Å²) in [6.07, 6.45) is 0.798. The van der Waals surface area contributed by atoms with Crippen LogP contribution < -0.4 is 0 Å². The van der Waals surface area contributed by atoms with Crippen LogP contribution in [-0.2, 0) is 13.5 Å². The van der Waals surface area contributed by atoms with Gasteiger partial charge in [0, 0.05) is 25.7 Å². The van der Waals surface area contributed by atoms with Crippen molar-refractivity contribution >= 4 is 0 Å². The molecule has 0 bridgehead atoms. The highest BCUT2D eigenvalue weighted by atomic mass is 19.1. The molecule has 0 aliphatic heterocycles. The molecule has 0 aliphatic carbocycles. The quantitative estimate of drug-likeness (QED) is 0.880. The van der Waals surface area contributed by atoms with Crippen LogP contribution >= 0.6 is 0 Å². The first-order valence-electron chi connectivity index (χ1n) is 5.04. The minimum Gasteiger partial charge on any atom is -0.388 e. The fraction of sp³-hybridized carbons (Fsp3) is 0.273. The van der Waals surface area contributed by atoms with Crippen molar-refractivity contribution in [2.24, 2.45) is 7.05 Å². The summed E-state index contributed by atoms with van der Waals surface area (Å²) in [5, 5.41) is 17.3. The summed E-state index contributed by atoms with van der Waals surface area (Å²) >= 11 is 0. The van der Waals surface area contributed by atoms with E-state index in [-0.39, 0.29) is 12.0 Å². The number of hydrogen-bond acceptors (Lipinski definition) is 3. The van der Waals surface area contributed by atoms with Gasteiger partial charge in [0.15, 0.2) is 0 Å². The maximum Gasteiger partial charge on any atom is 0.126 e. The van der Waals surface area contributed by atoms with Crippen LogP contribution in [0.5, 0.6) is 0 Å². The van der Waals surface area contributed by atoms with Gasteiger partial charge in [-0.25, -0.2) is 8.78 Å². The van der Waals surface area contributed by atoms with Crippen LogP contribution in [0.1, 0.15) is 17.4 Å². The van der Waals surface area contributed by atoms with Gasteiger partial charge in [0.05, 0.1) is 11.8 Å². The normalized spacial score (nSPS) is 12.7. The maximum atomic E-state index is 12.9. The van der Waals surface area contributed by atoms with E-state index in [0.717, 1.165) is 18.2 Å². The molecule has 0 spiro atoms. The fourth-order valence-corrected chi connectivity index (χ4v) is 1.57. The standard InChI is InChI=1S/C11H11F2N3O/c1-16-6-10(14-15-16)5-11(17)7-2-8(12)4-9(13)3-7/h2-4,6,11,17H,5H2,1H3. The lowest BCUT2D eigenvalue weighted by atomic mass is 10.1. The lowest BCUT2D eigenvalue weighted by Gasteiger charge is -2.09. The number of aromatic nitrogens is 3. The number of aliphatic hydroxyl groups excluding tert-OH is 1. The second-order valence-electron chi connectivity index (χ2n) is 3.81. The zero-order valence-corrected chi connectivity index (χ0v) is 9.14. The van der Waals surface area contributed by atoms with Gasteiger partial charge in [0.1, 0.15) is 11.6 Å². The van der Waals surface area contributed by atoms with E-state index >= 15 is 0 Å². The number of aliphatic hydroxyl groups is 1. The topological polar surface area (TPSA) is 50.9 Å². The molecule has 1 aromatic heterocycles. The van der Waals surface area contributed by atoms with Crippen LogP contribution in [0.4, 0.5) is 8.78 Å².